The molecule has 114 valence electrons. The number of carboxylic acid groups (broad SMARTS) is 1. The van der Waals surface area contributed by atoms with Crippen molar-refractivity contribution in [2.24, 2.45) is 0 Å². The molecule has 0 aliphatic heterocycles. The maximum Gasteiger partial charge on any atom is 0.358 e. The fourth-order valence-corrected chi connectivity index (χ4v) is 1.90. The van der Waals surface area contributed by atoms with Gasteiger partial charge in [0.2, 0.25) is 0 Å². The van der Waals surface area contributed by atoms with Gasteiger partial charge in [-0.15, -0.1) is 5.10 Å². The number of rotatable bonds is 7. The Kier molecular flexibility index (Phi) is 5.09. The molecule has 7 nitrogen and oxygen atoms in total. The number of aromatic nitrogens is 3. The molecule has 1 N–H and O–H groups in total. The van der Waals surface area contributed by atoms with Crippen LogP contribution in [-0.2, 0) is 0 Å². The van der Waals surface area contributed by atoms with Gasteiger partial charge in [0.1, 0.15) is 11.8 Å². The van der Waals surface area contributed by atoms with Gasteiger partial charge in [0.25, 0.3) is 0 Å². The maximum absolute atomic E-state index is 10.8. The highest BCUT2D eigenvalue weighted by Crippen LogP contribution is 2.21. The number of aromatic carboxylic acids is 1. The molecule has 0 saturated heterocycles. The second-order valence-electron chi connectivity index (χ2n) is 4.70. The van der Waals surface area contributed by atoms with Crippen LogP contribution in [-0.4, -0.2) is 32.7 Å². The largest absolute Gasteiger partial charge is 0.492 e. The lowest BCUT2D eigenvalue weighted by molar-refractivity contribution is 0.0690. The topological polar surface area (TPSA) is 101 Å². The first-order chi connectivity index (χ1) is 10.7. The van der Waals surface area contributed by atoms with Gasteiger partial charge in [-0.05, 0) is 24.6 Å². The first-order valence-electron chi connectivity index (χ1n) is 6.98. The first kappa shape index (κ1) is 15.5. The van der Waals surface area contributed by atoms with E-state index in [-0.39, 0.29) is 5.69 Å². The number of hydrogen-bond donors (Lipinski definition) is 1. The van der Waals surface area contributed by atoms with Gasteiger partial charge in [-0.25, -0.2) is 9.48 Å². The normalized spacial score (nSPS) is 10.2. The Morgan fingerprint density at radius 3 is 2.91 bits per heavy atom. The Bertz CT molecular complexity index is 703. The average molecular weight is 300 g/mol. The van der Waals surface area contributed by atoms with Crippen LogP contribution < -0.4 is 4.74 Å². The van der Waals surface area contributed by atoms with Gasteiger partial charge in [-0.2, -0.15) is 5.26 Å². The van der Waals surface area contributed by atoms with Crippen LogP contribution in [0.4, 0.5) is 0 Å². The number of unbranched alkanes of at least 4 members (excludes halogenated alkanes) is 2. The van der Waals surface area contributed by atoms with Crippen molar-refractivity contribution in [1.29, 1.82) is 5.26 Å². The summed E-state index contributed by atoms with van der Waals surface area (Å²) in [5.74, 6) is -0.636. The third-order valence-corrected chi connectivity index (χ3v) is 3.07. The van der Waals surface area contributed by atoms with Gasteiger partial charge < -0.3 is 9.84 Å². The molecule has 7 heteroatoms. The zero-order valence-corrected chi connectivity index (χ0v) is 12.2. The minimum Gasteiger partial charge on any atom is -0.492 e. The molecule has 0 bridgehead atoms. The minimum absolute atomic E-state index is 0.154. The Morgan fingerprint density at radius 2 is 2.27 bits per heavy atom. The van der Waals surface area contributed by atoms with Crippen LogP contribution in [0.15, 0.2) is 24.4 Å². The Labute approximate surface area is 127 Å². The van der Waals surface area contributed by atoms with E-state index in [4.69, 9.17) is 9.84 Å². The molecule has 0 atom stereocenters. The van der Waals surface area contributed by atoms with Crippen LogP contribution in [0.5, 0.6) is 5.75 Å². The van der Waals surface area contributed by atoms with Gasteiger partial charge >= 0.3 is 5.97 Å². The summed E-state index contributed by atoms with van der Waals surface area (Å²) in [6.45, 7) is 2.67. The molecule has 0 unspecified atom stereocenters. The van der Waals surface area contributed by atoms with Crippen molar-refractivity contribution in [2.45, 2.75) is 26.2 Å². The highest BCUT2D eigenvalue weighted by molar-refractivity contribution is 5.84. The summed E-state index contributed by atoms with van der Waals surface area (Å²) >= 11 is 0. The number of nitrogens with zero attached hydrogens (tertiary/aromatic N) is 4. The predicted molar refractivity (Wildman–Crippen MR) is 78.1 cm³/mol. The van der Waals surface area contributed by atoms with Crippen molar-refractivity contribution in [3.05, 3.63) is 35.7 Å². The number of hydrogen-bond acceptors (Lipinski definition) is 5. The molecular formula is C15H16N4O3. The SMILES string of the molecule is CCCCCOc1ccc(-n2cc(C(=O)O)nn2)cc1C#N. The minimum atomic E-state index is -1.15. The van der Waals surface area contributed by atoms with Crippen molar-refractivity contribution in [3.8, 4) is 17.5 Å². The number of carboxylic acids is 1. The second-order valence-corrected chi connectivity index (χ2v) is 4.70. The Hall–Kier alpha value is -2.88. The fraction of sp³-hybridized carbons (Fsp3) is 0.333. The van der Waals surface area contributed by atoms with E-state index in [1.165, 1.54) is 10.9 Å². The number of carbonyl (C=O) groups is 1. The van der Waals surface area contributed by atoms with E-state index < -0.39 is 5.97 Å². The summed E-state index contributed by atoms with van der Waals surface area (Å²) in [6.07, 6.45) is 4.41. The first-order valence-corrected chi connectivity index (χ1v) is 6.98. The van der Waals surface area contributed by atoms with Crippen molar-refractivity contribution in [3.63, 3.8) is 0 Å². The fourth-order valence-electron chi connectivity index (χ4n) is 1.90. The smallest absolute Gasteiger partial charge is 0.358 e. The molecule has 1 aromatic carbocycles. The quantitative estimate of drug-likeness (QED) is 0.788. The van der Waals surface area contributed by atoms with Crippen LogP contribution in [0.1, 0.15) is 42.2 Å². The van der Waals surface area contributed by atoms with Crippen LogP contribution in [0, 0.1) is 11.3 Å². The van der Waals surface area contributed by atoms with E-state index in [9.17, 15) is 10.1 Å². The molecule has 0 fully saturated rings. The molecule has 0 spiro atoms. The monoisotopic (exact) mass is 300 g/mol. The Balaban J connectivity index is 2.17. The molecule has 0 amide bonds. The predicted octanol–water partition coefficient (Wildman–Crippen LogP) is 2.41. The third kappa shape index (κ3) is 3.61. The van der Waals surface area contributed by atoms with Gasteiger partial charge in [0, 0.05) is 0 Å². The van der Waals surface area contributed by atoms with Gasteiger partial charge in [-0.3, -0.25) is 0 Å². The Morgan fingerprint density at radius 1 is 1.45 bits per heavy atom. The summed E-state index contributed by atoms with van der Waals surface area (Å²) in [6, 6.07) is 7.05. The second kappa shape index (κ2) is 7.22. The van der Waals surface area contributed by atoms with E-state index in [0.717, 1.165) is 19.3 Å². The summed E-state index contributed by atoms with van der Waals surface area (Å²) in [5, 5.41) is 25.3. The summed E-state index contributed by atoms with van der Waals surface area (Å²) in [7, 11) is 0. The van der Waals surface area contributed by atoms with Gasteiger partial charge in [-0.1, -0.05) is 25.0 Å². The standard InChI is InChI=1S/C15H16N4O3/c1-2-3-4-7-22-14-6-5-12(8-11(14)9-16)19-10-13(15(20)21)17-18-19/h5-6,8,10H,2-4,7H2,1H3,(H,20,21). The van der Waals surface area contributed by atoms with Crippen LogP contribution in [0.3, 0.4) is 0 Å². The highest BCUT2D eigenvalue weighted by Gasteiger charge is 2.11. The van der Waals surface area contributed by atoms with Crippen LogP contribution in [0.2, 0.25) is 0 Å². The molecule has 22 heavy (non-hydrogen) atoms. The van der Waals surface area contributed by atoms with Crippen LogP contribution >= 0.6 is 0 Å². The summed E-state index contributed by atoms with van der Waals surface area (Å²) in [5.41, 5.74) is 0.775. The van der Waals surface area contributed by atoms with E-state index in [2.05, 4.69) is 23.3 Å². The molecule has 1 heterocycles. The molecule has 2 aromatic rings. The average Bonchev–Trinajstić information content (AvgIpc) is 3.02. The lowest BCUT2D eigenvalue weighted by atomic mass is 10.2. The van der Waals surface area contributed by atoms with Gasteiger partial charge in [0.05, 0.1) is 24.1 Å². The molecule has 0 aliphatic rings. The highest BCUT2D eigenvalue weighted by atomic mass is 16.5. The molecule has 0 aliphatic carbocycles. The van der Waals surface area contributed by atoms with Crippen molar-refractivity contribution < 1.29 is 14.6 Å². The van der Waals surface area contributed by atoms with Crippen LogP contribution in [0.25, 0.3) is 5.69 Å². The van der Waals surface area contributed by atoms with Crippen molar-refractivity contribution in [1.82, 2.24) is 15.0 Å². The zero-order chi connectivity index (χ0) is 15.9. The zero-order valence-electron chi connectivity index (χ0n) is 12.2. The lowest BCUT2D eigenvalue weighted by Crippen LogP contribution is -2.01. The number of benzene rings is 1. The van der Waals surface area contributed by atoms with E-state index in [0.29, 0.717) is 23.6 Å². The summed E-state index contributed by atoms with van der Waals surface area (Å²) < 4.78 is 6.91. The number of ether oxygens (including phenoxy) is 1. The van der Waals surface area contributed by atoms with E-state index in [1.54, 1.807) is 18.2 Å². The maximum atomic E-state index is 10.8. The summed E-state index contributed by atoms with van der Waals surface area (Å²) in [4.78, 5) is 10.8. The third-order valence-electron chi connectivity index (χ3n) is 3.07. The van der Waals surface area contributed by atoms with E-state index in [1.807, 2.05) is 0 Å². The van der Waals surface area contributed by atoms with Crippen molar-refractivity contribution in [2.75, 3.05) is 6.61 Å². The number of nitriles is 1. The molecule has 0 saturated carbocycles. The molecule has 1 aromatic heterocycles. The molecule has 2 rings (SSSR count). The molecular weight excluding hydrogens is 284 g/mol. The van der Waals surface area contributed by atoms with E-state index >= 15 is 0 Å². The molecule has 0 radical (unpaired) electrons. The van der Waals surface area contributed by atoms with Crippen molar-refractivity contribution >= 4 is 5.97 Å². The van der Waals surface area contributed by atoms with Gasteiger partial charge in [0.15, 0.2) is 5.69 Å². The lowest BCUT2D eigenvalue weighted by Gasteiger charge is -2.09.